The van der Waals surface area contributed by atoms with Gasteiger partial charge in [-0.05, 0) is 36.7 Å². The van der Waals surface area contributed by atoms with Crippen LogP contribution in [0.25, 0.3) is 0 Å². The largest absolute Gasteiger partial charge is 0.452 e. The molecule has 0 aromatic carbocycles. The van der Waals surface area contributed by atoms with E-state index in [1.165, 1.54) is 7.11 Å². The van der Waals surface area contributed by atoms with E-state index < -0.39 is 8.32 Å². The van der Waals surface area contributed by atoms with E-state index in [-0.39, 0.29) is 17.2 Å². The maximum Gasteiger partial charge on any atom is 0.414 e. The van der Waals surface area contributed by atoms with Crippen molar-refractivity contribution in [3.05, 3.63) is 23.9 Å². The summed E-state index contributed by atoms with van der Waals surface area (Å²) in [5.41, 5.74) is 1.11. The maximum absolute atomic E-state index is 11.5. The van der Waals surface area contributed by atoms with Crippen molar-refractivity contribution >= 4 is 14.4 Å². The molecule has 1 atom stereocenters. The summed E-state index contributed by atoms with van der Waals surface area (Å²) in [5, 5.41) is 0.204. The number of ether oxygens (including phenoxy) is 1. The quantitative estimate of drug-likeness (QED) is 0.741. The fourth-order valence-electron chi connectivity index (χ4n) is 1.67. The van der Waals surface area contributed by atoms with Crippen LogP contribution in [0.5, 0.6) is 0 Å². The number of nitrogens with zero attached hydrogens (tertiary/aromatic N) is 1. The average Bonchev–Trinajstić information content (AvgIpc) is 2.34. The zero-order valence-electron chi connectivity index (χ0n) is 13.7. The molecule has 4 nitrogen and oxygen atoms in total. The number of hydrogen-bond donors (Lipinski definition) is 0. The fourth-order valence-corrected chi connectivity index (χ4v) is 2.63. The molecule has 1 rings (SSSR count). The van der Waals surface area contributed by atoms with Crippen molar-refractivity contribution in [1.82, 2.24) is 4.90 Å². The van der Waals surface area contributed by atoms with Crippen molar-refractivity contribution in [2.75, 3.05) is 13.7 Å². The third-order valence-corrected chi connectivity index (χ3v) is 8.61. The maximum atomic E-state index is 11.5. The Morgan fingerprint density at radius 2 is 2.00 bits per heavy atom. The Labute approximate surface area is 123 Å². The molecule has 0 spiro atoms. The van der Waals surface area contributed by atoms with Gasteiger partial charge < -0.3 is 9.16 Å². The molecule has 0 fully saturated rings. The third kappa shape index (κ3) is 3.96. The van der Waals surface area contributed by atoms with E-state index in [0.717, 1.165) is 5.57 Å². The van der Waals surface area contributed by atoms with Crippen LogP contribution in [0.4, 0.5) is 4.79 Å². The van der Waals surface area contributed by atoms with E-state index in [1.54, 1.807) is 11.1 Å². The van der Waals surface area contributed by atoms with Gasteiger partial charge in [0.15, 0.2) is 8.32 Å². The van der Waals surface area contributed by atoms with Crippen molar-refractivity contribution in [1.29, 1.82) is 0 Å². The first-order valence-corrected chi connectivity index (χ1v) is 9.88. The number of carbonyl (C=O) groups excluding carboxylic acids is 1. The van der Waals surface area contributed by atoms with E-state index in [2.05, 4.69) is 33.9 Å². The molecule has 1 aliphatic heterocycles. The Kier molecular flexibility index (Phi) is 5.21. The predicted molar refractivity (Wildman–Crippen MR) is 84.1 cm³/mol. The van der Waals surface area contributed by atoms with Gasteiger partial charge in [0.1, 0.15) is 0 Å². The van der Waals surface area contributed by atoms with E-state index >= 15 is 0 Å². The molecule has 1 heterocycles. The Hall–Kier alpha value is -1.07. The van der Waals surface area contributed by atoms with Crippen molar-refractivity contribution in [3.63, 3.8) is 0 Å². The highest BCUT2D eigenvalue weighted by Crippen LogP contribution is 2.36. The Morgan fingerprint density at radius 1 is 1.40 bits per heavy atom. The minimum atomic E-state index is -1.74. The first-order chi connectivity index (χ1) is 9.08. The van der Waals surface area contributed by atoms with Gasteiger partial charge in [0, 0.05) is 6.20 Å². The van der Waals surface area contributed by atoms with Crippen LogP contribution in [0, 0.1) is 0 Å². The molecule has 1 aliphatic rings. The van der Waals surface area contributed by atoms with Crippen molar-refractivity contribution in [2.24, 2.45) is 0 Å². The molecule has 1 unspecified atom stereocenters. The zero-order chi connectivity index (χ0) is 15.6. The van der Waals surface area contributed by atoms with Gasteiger partial charge in [-0.3, -0.25) is 4.90 Å². The van der Waals surface area contributed by atoms with Crippen LogP contribution in [-0.4, -0.2) is 39.1 Å². The smallest absolute Gasteiger partial charge is 0.414 e. The highest BCUT2D eigenvalue weighted by atomic mass is 28.4. The standard InChI is InChI=1S/C15H27NO3Si/c1-12-10-13(8-9-16(12)14(17)18-5)11-19-20(6,7)15(2,3)4/h8-10,12H,11H2,1-7H3. The molecule has 0 aliphatic carbocycles. The van der Waals surface area contributed by atoms with E-state index in [4.69, 9.17) is 9.16 Å². The summed E-state index contributed by atoms with van der Waals surface area (Å²) in [6.07, 6.45) is 5.39. The summed E-state index contributed by atoms with van der Waals surface area (Å²) in [4.78, 5) is 13.1. The first kappa shape index (κ1) is 17.0. The summed E-state index contributed by atoms with van der Waals surface area (Å²) >= 11 is 0. The van der Waals surface area contributed by atoms with Gasteiger partial charge in [0.25, 0.3) is 0 Å². The molecule has 1 amide bonds. The molecule has 0 saturated heterocycles. The molecule has 0 aromatic rings. The number of amides is 1. The van der Waals surface area contributed by atoms with Crippen LogP contribution in [0.15, 0.2) is 23.9 Å². The van der Waals surface area contributed by atoms with Crippen LogP contribution in [0.1, 0.15) is 27.7 Å². The zero-order valence-corrected chi connectivity index (χ0v) is 14.7. The van der Waals surface area contributed by atoms with Gasteiger partial charge in [-0.25, -0.2) is 4.79 Å². The summed E-state index contributed by atoms with van der Waals surface area (Å²) in [5.74, 6) is 0. The van der Waals surface area contributed by atoms with Gasteiger partial charge >= 0.3 is 6.09 Å². The minimum absolute atomic E-state index is 0.00883. The average molecular weight is 297 g/mol. The molecule has 0 bridgehead atoms. The van der Waals surface area contributed by atoms with Crippen LogP contribution < -0.4 is 0 Å². The van der Waals surface area contributed by atoms with Crippen LogP contribution in [-0.2, 0) is 9.16 Å². The number of methoxy groups -OCH3 is 1. The molecular formula is C15H27NO3Si. The van der Waals surface area contributed by atoms with Gasteiger partial charge in [-0.2, -0.15) is 0 Å². The summed E-state index contributed by atoms with van der Waals surface area (Å²) in [6.45, 7) is 13.7. The summed E-state index contributed by atoms with van der Waals surface area (Å²) < 4.78 is 10.9. The fraction of sp³-hybridized carbons (Fsp3) is 0.667. The normalized spacial score (nSPS) is 19.9. The molecular weight excluding hydrogens is 270 g/mol. The molecule has 5 heteroatoms. The second kappa shape index (κ2) is 6.14. The van der Waals surface area contributed by atoms with Crippen molar-refractivity contribution in [3.8, 4) is 0 Å². The summed E-state index contributed by atoms with van der Waals surface area (Å²) in [7, 11) is -0.345. The third-order valence-electron chi connectivity index (χ3n) is 4.13. The van der Waals surface area contributed by atoms with Gasteiger partial charge in [-0.1, -0.05) is 26.8 Å². The molecule has 0 saturated carbocycles. The lowest BCUT2D eigenvalue weighted by atomic mass is 10.1. The van der Waals surface area contributed by atoms with E-state index in [0.29, 0.717) is 6.61 Å². The van der Waals surface area contributed by atoms with Crippen LogP contribution >= 0.6 is 0 Å². The highest BCUT2D eigenvalue weighted by Gasteiger charge is 2.37. The Bertz CT molecular complexity index is 421. The minimum Gasteiger partial charge on any atom is -0.452 e. The topological polar surface area (TPSA) is 38.8 Å². The van der Waals surface area contributed by atoms with Crippen LogP contribution in [0.2, 0.25) is 18.1 Å². The highest BCUT2D eigenvalue weighted by molar-refractivity contribution is 6.74. The SMILES string of the molecule is COC(=O)N1C=CC(CO[Si](C)(C)C(C)(C)C)=CC1C. The lowest BCUT2D eigenvalue weighted by Gasteiger charge is -2.36. The van der Waals surface area contributed by atoms with Crippen molar-refractivity contribution < 1.29 is 14.0 Å². The number of carbonyl (C=O) groups is 1. The Morgan fingerprint density at radius 3 is 2.45 bits per heavy atom. The lowest BCUT2D eigenvalue weighted by molar-refractivity contribution is 0.133. The molecule has 0 radical (unpaired) electrons. The predicted octanol–water partition coefficient (Wildman–Crippen LogP) is 3.92. The van der Waals surface area contributed by atoms with E-state index in [1.807, 2.05) is 19.1 Å². The molecule has 114 valence electrons. The van der Waals surface area contributed by atoms with Crippen LogP contribution in [0.3, 0.4) is 0 Å². The lowest BCUT2D eigenvalue weighted by Crippen LogP contribution is -2.41. The number of hydrogen-bond acceptors (Lipinski definition) is 3. The molecule has 20 heavy (non-hydrogen) atoms. The Balaban J connectivity index is 2.65. The monoisotopic (exact) mass is 297 g/mol. The van der Waals surface area contributed by atoms with Gasteiger partial charge in [0.05, 0.1) is 19.8 Å². The van der Waals surface area contributed by atoms with E-state index in [9.17, 15) is 4.79 Å². The first-order valence-electron chi connectivity index (χ1n) is 6.97. The molecule has 0 aromatic heterocycles. The van der Waals surface area contributed by atoms with Gasteiger partial charge in [-0.15, -0.1) is 0 Å². The van der Waals surface area contributed by atoms with Crippen molar-refractivity contribution in [2.45, 2.75) is 51.9 Å². The molecule has 0 N–H and O–H groups in total. The summed E-state index contributed by atoms with van der Waals surface area (Å²) in [6, 6.07) is -0.00883. The second-order valence-electron chi connectivity index (χ2n) is 6.72. The number of rotatable bonds is 3. The second-order valence-corrected chi connectivity index (χ2v) is 11.5. The van der Waals surface area contributed by atoms with Gasteiger partial charge in [0.2, 0.25) is 0 Å².